The molecular formula is C22H23ClN4O3S. The number of nitrogens with zero attached hydrogens (tertiary/aromatic N) is 3. The van der Waals surface area contributed by atoms with Crippen LogP contribution < -0.4 is 5.32 Å². The summed E-state index contributed by atoms with van der Waals surface area (Å²) in [5.41, 5.74) is 0.286. The highest BCUT2D eigenvalue weighted by atomic mass is 35.5. The minimum Gasteiger partial charge on any atom is -0.466 e. The molecule has 0 spiro atoms. The molecule has 4 rings (SSSR count). The van der Waals surface area contributed by atoms with Gasteiger partial charge in [0.15, 0.2) is 5.72 Å². The van der Waals surface area contributed by atoms with E-state index in [1.165, 1.54) is 16.4 Å². The van der Waals surface area contributed by atoms with E-state index in [-0.39, 0.29) is 6.61 Å². The van der Waals surface area contributed by atoms with E-state index in [1.54, 1.807) is 26.0 Å². The van der Waals surface area contributed by atoms with Gasteiger partial charge in [0.25, 0.3) is 0 Å². The van der Waals surface area contributed by atoms with Crippen molar-refractivity contribution < 1.29 is 14.6 Å². The van der Waals surface area contributed by atoms with Crippen molar-refractivity contribution in [1.29, 1.82) is 0 Å². The van der Waals surface area contributed by atoms with Crippen LogP contribution in [0.1, 0.15) is 31.0 Å². The van der Waals surface area contributed by atoms with Crippen LogP contribution in [0.3, 0.4) is 0 Å². The Balaban J connectivity index is 1.68. The number of nitrogens with one attached hydrogen (secondary N) is 1. The predicted octanol–water partition coefficient (Wildman–Crippen LogP) is 4.23. The Bertz CT molecular complexity index is 1060. The summed E-state index contributed by atoms with van der Waals surface area (Å²) < 4.78 is 6.66. The third-order valence-corrected chi connectivity index (χ3v) is 6.36. The fourth-order valence-corrected chi connectivity index (χ4v) is 4.60. The second kappa shape index (κ2) is 8.90. The number of benzene rings is 2. The maximum Gasteiger partial charge on any atom is 0.316 e. The van der Waals surface area contributed by atoms with E-state index < -0.39 is 23.7 Å². The number of aromatic nitrogens is 3. The quantitative estimate of drug-likeness (QED) is 0.422. The number of aliphatic hydroxyl groups is 1. The van der Waals surface area contributed by atoms with Crippen LogP contribution in [-0.4, -0.2) is 32.4 Å². The fraction of sp³-hybridized carbons (Fsp3) is 0.318. The number of esters is 1. The second-order valence-corrected chi connectivity index (χ2v) is 8.78. The van der Waals surface area contributed by atoms with E-state index in [0.29, 0.717) is 21.9 Å². The highest BCUT2D eigenvalue weighted by Gasteiger charge is 2.51. The monoisotopic (exact) mass is 458 g/mol. The van der Waals surface area contributed by atoms with Gasteiger partial charge in [-0.1, -0.05) is 65.8 Å². The topological polar surface area (TPSA) is 89.3 Å². The first-order chi connectivity index (χ1) is 14.9. The highest BCUT2D eigenvalue weighted by Crippen LogP contribution is 2.43. The van der Waals surface area contributed by atoms with Gasteiger partial charge in [0, 0.05) is 10.8 Å². The zero-order valence-electron chi connectivity index (χ0n) is 17.2. The first-order valence-corrected chi connectivity index (χ1v) is 11.3. The molecule has 3 atom stereocenters. The second-order valence-electron chi connectivity index (χ2n) is 7.40. The van der Waals surface area contributed by atoms with Crippen molar-refractivity contribution in [3.05, 3.63) is 70.7 Å². The lowest BCUT2D eigenvalue weighted by atomic mass is 9.83. The number of thioether (sulfide) groups is 1. The summed E-state index contributed by atoms with van der Waals surface area (Å²) in [5.74, 6) is -0.371. The van der Waals surface area contributed by atoms with Gasteiger partial charge < -0.3 is 15.2 Å². The molecule has 1 aliphatic heterocycles. The molecule has 1 aliphatic rings. The SMILES string of the molecule is CCOC(=O)C1C(c2ccc(Cl)cc2)Nc2nc(SCc3ccccc3)nn2C1(C)O. The van der Waals surface area contributed by atoms with Gasteiger partial charge >= 0.3 is 5.97 Å². The first kappa shape index (κ1) is 21.7. The number of carbonyl (C=O) groups is 1. The molecule has 1 aromatic heterocycles. The Labute approximate surface area is 189 Å². The number of rotatable bonds is 6. The minimum absolute atomic E-state index is 0.209. The van der Waals surface area contributed by atoms with E-state index in [9.17, 15) is 9.90 Å². The molecule has 0 radical (unpaired) electrons. The number of hydrogen-bond acceptors (Lipinski definition) is 7. The molecule has 3 unspecified atom stereocenters. The zero-order chi connectivity index (χ0) is 22.0. The molecule has 0 bridgehead atoms. The van der Waals surface area contributed by atoms with Crippen molar-refractivity contribution in [1.82, 2.24) is 14.8 Å². The van der Waals surface area contributed by atoms with Gasteiger partial charge in [-0.15, -0.1) is 5.10 Å². The van der Waals surface area contributed by atoms with E-state index in [4.69, 9.17) is 16.3 Å². The van der Waals surface area contributed by atoms with Gasteiger partial charge in [0.1, 0.15) is 5.92 Å². The van der Waals surface area contributed by atoms with Crippen molar-refractivity contribution in [2.75, 3.05) is 11.9 Å². The maximum atomic E-state index is 12.9. The normalized spacial score (nSPS) is 22.5. The van der Waals surface area contributed by atoms with E-state index >= 15 is 0 Å². The Morgan fingerprint density at radius 1 is 1.26 bits per heavy atom. The number of halogens is 1. The molecular weight excluding hydrogens is 436 g/mol. The van der Waals surface area contributed by atoms with Crippen molar-refractivity contribution in [2.24, 2.45) is 5.92 Å². The lowest BCUT2D eigenvalue weighted by molar-refractivity contribution is -0.171. The Kier molecular flexibility index (Phi) is 6.22. The lowest BCUT2D eigenvalue weighted by Crippen LogP contribution is -2.52. The predicted molar refractivity (Wildman–Crippen MR) is 120 cm³/mol. The molecule has 0 saturated carbocycles. The van der Waals surface area contributed by atoms with Crippen LogP contribution in [0, 0.1) is 5.92 Å². The molecule has 162 valence electrons. The van der Waals surface area contributed by atoms with Crippen LogP contribution in [-0.2, 0) is 21.0 Å². The Hall–Kier alpha value is -2.55. The Morgan fingerprint density at radius 3 is 2.65 bits per heavy atom. The summed E-state index contributed by atoms with van der Waals surface area (Å²) in [4.78, 5) is 17.4. The number of carbonyl (C=O) groups excluding carboxylic acids is 1. The fourth-order valence-electron chi connectivity index (χ4n) is 3.69. The van der Waals surface area contributed by atoms with Gasteiger partial charge in [-0.3, -0.25) is 4.79 Å². The van der Waals surface area contributed by atoms with Crippen molar-refractivity contribution in [3.8, 4) is 0 Å². The number of hydrogen-bond donors (Lipinski definition) is 2. The third kappa shape index (κ3) is 4.42. The maximum absolute atomic E-state index is 12.9. The minimum atomic E-state index is -1.64. The average Bonchev–Trinajstić information content (AvgIpc) is 3.17. The van der Waals surface area contributed by atoms with Crippen LogP contribution in [0.4, 0.5) is 5.95 Å². The van der Waals surface area contributed by atoms with Crippen molar-refractivity contribution in [3.63, 3.8) is 0 Å². The molecule has 0 aliphatic carbocycles. The highest BCUT2D eigenvalue weighted by molar-refractivity contribution is 7.98. The summed E-state index contributed by atoms with van der Waals surface area (Å²) in [6.45, 7) is 3.50. The number of anilines is 1. The molecule has 31 heavy (non-hydrogen) atoms. The largest absolute Gasteiger partial charge is 0.466 e. The number of ether oxygens (including phenoxy) is 1. The molecule has 3 aromatic rings. The smallest absolute Gasteiger partial charge is 0.316 e. The molecule has 0 saturated heterocycles. The van der Waals surface area contributed by atoms with Gasteiger partial charge in [0.05, 0.1) is 12.6 Å². The van der Waals surface area contributed by atoms with Crippen LogP contribution >= 0.6 is 23.4 Å². The molecule has 2 aromatic carbocycles. The lowest BCUT2D eigenvalue weighted by Gasteiger charge is -2.41. The van der Waals surface area contributed by atoms with E-state index in [2.05, 4.69) is 15.4 Å². The van der Waals surface area contributed by atoms with Gasteiger partial charge in [-0.25, -0.2) is 0 Å². The van der Waals surface area contributed by atoms with Crippen molar-refractivity contribution in [2.45, 2.75) is 36.5 Å². The molecule has 2 N–H and O–H groups in total. The van der Waals surface area contributed by atoms with Gasteiger partial charge in [-0.05, 0) is 37.1 Å². The zero-order valence-corrected chi connectivity index (χ0v) is 18.7. The first-order valence-electron chi connectivity index (χ1n) is 9.95. The molecule has 0 amide bonds. The summed E-state index contributed by atoms with van der Waals surface area (Å²) in [6, 6.07) is 16.6. The van der Waals surface area contributed by atoms with E-state index in [1.807, 2.05) is 42.5 Å². The van der Waals surface area contributed by atoms with Crippen LogP contribution in [0.2, 0.25) is 5.02 Å². The standard InChI is InChI=1S/C22H23ClN4O3S/c1-3-30-19(28)17-18(15-9-11-16(23)12-10-15)24-20-25-21(26-27(20)22(17,2)29)31-13-14-7-5-4-6-8-14/h4-12,17-18,29H,3,13H2,1-2H3,(H,24,25,26). The average molecular weight is 459 g/mol. The summed E-state index contributed by atoms with van der Waals surface area (Å²) >= 11 is 7.49. The molecule has 2 heterocycles. The van der Waals surface area contributed by atoms with Gasteiger partial charge in [-0.2, -0.15) is 9.67 Å². The van der Waals surface area contributed by atoms with E-state index in [0.717, 1.165) is 11.1 Å². The molecule has 0 fully saturated rings. The Morgan fingerprint density at radius 2 is 1.97 bits per heavy atom. The third-order valence-electron chi connectivity index (χ3n) is 5.20. The van der Waals surface area contributed by atoms with Gasteiger partial charge in [0.2, 0.25) is 11.1 Å². The van der Waals surface area contributed by atoms with Crippen LogP contribution in [0.5, 0.6) is 0 Å². The molecule has 7 nitrogen and oxygen atoms in total. The number of fused-ring (bicyclic) bond motifs is 1. The summed E-state index contributed by atoms with van der Waals surface area (Å²) in [6.07, 6.45) is 0. The molecule has 9 heteroatoms. The van der Waals surface area contributed by atoms with Crippen molar-refractivity contribution >= 4 is 35.3 Å². The van der Waals surface area contributed by atoms with Crippen LogP contribution in [0.15, 0.2) is 59.8 Å². The van der Waals surface area contributed by atoms with Crippen LogP contribution in [0.25, 0.3) is 0 Å². The summed E-state index contributed by atoms with van der Waals surface area (Å²) in [7, 11) is 0. The summed E-state index contributed by atoms with van der Waals surface area (Å²) in [5, 5.41) is 20.3.